The fourth-order valence-corrected chi connectivity index (χ4v) is 4.28. The summed E-state index contributed by atoms with van der Waals surface area (Å²) in [6, 6.07) is 21.9. The maximum atomic E-state index is 13.5. The highest BCUT2D eigenvalue weighted by molar-refractivity contribution is 5.90. The van der Waals surface area contributed by atoms with Crippen LogP contribution in [0.3, 0.4) is 0 Å². The Morgan fingerprint density at radius 1 is 1.03 bits per heavy atom. The number of H-pyrrole nitrogens is 1. The number of carbonyl (C=O) groups excluding carboxylic acids is 2. The number of carbonyl (C=O) groups is 2. The monoisotopic (exact) mass is 402 g/mol. The maximum Gasteiger partial charge on any atom is 0.269 e. The zero-order chi connectivity index (χ0) is 20.9. The number of aromatic nitrogens is 2. The van der Waals surface area contributed by atoms with E-state index in [4.69, 9.17) is 5.73 Å². The number of primary amides is 1. The first-order chi connectivity index (χ1) is 14.6. The highest BCUT2D eigenvalue weighted by atomic mass is 16.2. The molecule has 1 atom stereocenters. The smallest absolute Gasteiger partial charge is 0.269 e. The van der Waals surface area contributed by atoms with Gasteiger partial charge >= 0.3 is 0 Å². The number of rotatable bonds is 6. The van der Waals surface area contributed by atoms with Crippen molar-refractivity contribution >= 4 is 11.8 Å². The molecule has 1 fully saturated rings. The molecule has 2 amide bonds. The molecule has 1 unspecified atom stereocenters. The normalized spacial score (nSPS) is 16.6. The van der Waals surface area contributed by atoms with Crippen LogP contribution in [0.4, 0.5) is 0 Å². The average molecular weight is 402 g/mol. The van der Waals surface area contributed by atoms with Crippen LogP contribution in [-0.4, -0.2) is 33.5 Å². The van der Waals surface area contributed by atoms with Crippen LogP contribution in [0.5, 0.6) is 0 Å². The van der Waals surface area contributed by atoms with E-state index >= 15 is 0 Å². The summed E-state index contributed by atoms with van der Waals surface area (Å²) in [5.74, 6) is -0.475. The molecule has 3 N–H and O–H groups in total. The fraction of sp³-hybridized carbons (Fsp3) is 0.292. The Kier molecular flexibility index (Phi) is 5.93. The van der Waals surface area contributed by atoms with Gasteiger partial charge in [-0.05, 0) is 36.5 Å². The van der Waals surface area contributed by atoms with Crippen molar-refractivity contribution in [3.8, 4) is 0 Å². The molecule has 1 aromatic heterocycles. The second-order valence-corrected chi connectivity index (χ2v) is 7.75. The van der Waals surface area contributed by atoms with Crippen molar-refractivity contribution in [2.24, 2.45) is 5.73 Å². The van der Waals surface area contributed by atoms with Gasteiger partial charge in [-0.3, -0.25) is 14.7 Å². The van der Waals surface area contributed by atoms with E-state index in [9.17, 15) is 9.59 Å². The Bertz CT molecular complexity index is 961. The molecule has 6 nitrogen and oxygen atoms in total. The quantitative estimate of drug-likeness (QED) is 0.657. The minimum atomic E-state index is -0.570. The first kappa shape index (κ1) is 19.9. The summed E-state index contributed by atoms with van der Waals surface area (Å²) < 4.78 is 0. The van der Waals surface area contributed by atoms with Crippen LogP contribution in [-0.2, 0) is 4.79 Å². The molecule has 0 bridgehead atoms. The van der Waals surface area contributed by atoms with Gasteiger partial charge in [0.25, 0.3) is 5.91 Å². The number of hydrogen-bond donors (Lipinski definition) is 2. The van der Waals surface area contributed by atoms with Gasteiger partial charge in [-0.1, -0.05) is 60.7 Å². The van der Waals surface area contributed by atoms with Gasteiger partial charge in [0, 0.05) is 18.9 Å². The van der Waals surface area contributed by atoms with Crippen LogP contribution >= 0.6 is 0 Å². The Morgan fingerprint density at radius 3 is 2.23 bits per heavy atom. The van der Waals surface area contributed by atoms with Crippen LogP contribution in [0.15, 0.2) is 66.7 Å². The van der Waals surface area contributed by atoms with Crippen molar-refractivity contribution in [3.63, 3.8) is 0 Å². The van der Waals surface area contributed by atoms with E-state index < -0.39 is 5.91 Å². The van der Waals surface area contributed by atoms with E-state index in [0.29, 0.717) is 13.0 Å². The summed E-state index contributed by atoms with van der Waals surface area (Å²) in [5, 5.41) is 6.92. The van der Waals surface area contributed by atoms with Crippen LogP contribution < -0.4 is 5.73 Å². The van der Waals surface area contributed by atoms with Crippen molar-refractivity contribution in [1.29, 1.82) is 0 Å². The van der Waals surface area contributed by atoms with Gasteiger partial charge in [0.1, 0.15) is 5.69 Å². The standard InChI is InChI=1S/C24H26N4O2/c25-24(30)21-16-20(26-27-21)22-13-7-8-14-28(22)23(29)15-19(17-9-3-1-4-10-17)18-11-5-2-6-12-18/h1-6,9-12,16,19,22H,7-8,13-15H2,(H2,25,30)(H,26,27). The van der Waals surface area contributed by atoms with Gasteiger partial charge in [-0.2, -0.15) is 5.10 Å². The minimum absolute atomic E-state index is 0.00887. The van der Waals surface area contributed by atoms with E-state index in [1.807, 2.05) is 41.3 Å². The van der Waals surface area contributed by atoms with Gasteiger partial charge in [-0.15, -0.1) is 0 Å². The number of piperidine rings is 1. The summed E-state index contributed by atoms with van der Waals surface area (Å²) in [6.45, 7) is 0.699. The van der Waals surface area contributed by atoms with Gasteiger partial charge in [-0.25, -0.2) is 0 Å². The van der Waals surface area contributed by atoms with E-state index in [2.05, 4.69) is 34.5 Å². The molecule has 2 aromatic carbocycles. The third kappa shape index (κ3) is 4.27. The van der Waals surface area contributed by atoms with Crippen LogP contribution in [0, 0.1) is 0 Å². The zero-order valence-corrected chi connectivity index (χ0v) is 16.8. The molecule has 154 valence electrons. The highest BCUT2D eigenvalue weighted by Crippen LogP contribution is 2.34. The summed E-state index contributed by atoms with van der Waals surface area (Å²) in [5.41, 5.74) is 8.57. The Labute approximate surface area is 176 Å². The number of nitrogens with one attached hydrogen (secondary N) is 1. The predicted octanol–water partition coefficient (Wildman–Crippen LogP) is 3.78. The maximum absolute atomic E-state index is 13.5. The molecule has 0 aliphatic carbocycles. The van der Waals surface area contributed by atoms with Crippen molar-refractivity contribution in [3.05, 3.63) is 89.2 Å². The second-order valence-electron chi connectivity index (χ2n) is 7.75. The van der Waals surface area contributed by atoms with Crippen molar-refractivity contribution in [1.82, 2.24) is 15.1 Å². The molecule has 6 heteroatoms. The molecule has 4 rings (SSSR count). The number of benzene rings is 2. The lowest BCUT2D eigenvalue weighted by Gasteiger charge is -2.36. The largest absolute Gasteiger partial charge is 0.364 e. The van der Waals surface area contributed by atoms with Crippen LogP contribution in [0.25, 0.3) is 0 Å². The van der Waals surface area contributed by atoms with Gasteiger partial charge in [0.2, 0.25) is 5.91 Å². The number of nitrogens with two attached hydrogens (primary N) is 1. The molecule has 2 heterocycles. The molecule has 30 heavy (non-hydrogen) atoms. The Hall–Kier alpha value is -3.41. The lowest BCUT2D eigenvalue weighted by molar-refractivity contribution is -0.135. The van der Waals surface area contributed by atoms with Crippen molar-refractivity contribution in [2.45, 2.75) is 37.6 Å². The molecule has 0 radical (unpaired) electrons. The number of hydrogen-bond acceptors (Lipinski definition) is 3. The summed E-state index contributed by atoms with van der Waals surface area (Å²) in [6.07, 6.45) is 3.23. The lowest BCUT2D eigenvalue weighted by atomic mass is 9.87. The topological polar surface area (TPSA) is 92.1 Å². The van der Waals surface area contributed by atoms with E-state index in [1.165, 1.54) is 0 Å². The molecule has 0 spiro atoms. The molecule has 3 aromatic rings. The summed E-state index contributed by atoms with van der Waals surface area (Å²) in [4.78, 5) is 26.8. The average Bonchev–Trinajstić information content (AvgIpc) is 3.29. The van der Waals surface area contributed by atoms with Crippen molar-refractivity contribution in [2.75, 3.05) is 6.54 Å². The van der Waals surface area contributed by atoms with Gasteiger partial charge < -0.3 is 10.6 Å². The van der Waals surface area contributed by atoms with Crippen LogP contribution in [0.2, 0.25) is 0 Å². The summed E-state index contributed by atoms with van der Waals surface area (Å²) in [7, 11) is 0. The van der Waals surface area contributed by atoms with Gasteiger partial charge in [0.05, 0.1) is 11.7 Å². The first-order valence-corrected chi connectivity index (χ1v) is 10.4. The molecule has 1 aliphatic rings. The molecule has 1 saturated heterocycles. The van der Waals surface area contributed by atoms with E-state index in [1.54, 1.807) is 6.07 Å². The minimum Gasteiger partial charge on any atom is -0.364 e. The molecule has 0 saturated carbocycles. The fourth-order valence-electron chi connectivity index (χ4n) is 4.28. The highest BCUT2D eigenvalue weighted by Gasteiger charge is 2.31. The molecular weight excluding hydrogens is 376 g/mol. The molecule has 1 aliphatic heterocycles. The van der Waals surface area contributed by atoms with E-state index in [-0.39, 0.29) is 23.6 Å². The number of amides is 2. The summed E-state index contributed by atoms with van der Waals surface area (Å²) >= 11 is 0. The zero-order valence-electron chi connectivity index (χ0n) is 16.8. The number of nitrogens with zero attached hydrogens (tertiary/aromatic N) is 2. The van der Waals surface area contributed by atoms with E-state index in [0.717, 1.165) is 36.1 Å². The third-order valence-electron chi connectivity index (χ3n) is 5.81. The van der Waals surface area contributed by atoms with Crippen LogP contribution in [0.1, 0.15) is 65.0 Å². The first-order valence-electron chi connectivity index (χ1n) is 10.4. The third-order valence-corrected chi connectivity index (χ3v) is 5.81. The predicted molar refractivity (Wildman–Crippen MR) is 115 cm³/mol. The lowest BCUT2D eigenvalue weighted by Crippen LogP contribution is -2.39. The number of aromatic amines is 1. The SMILES string of the molecule is NC(=O)c1cc(C2CCCCN2C(=O)CC(c2ccccc2)c2ccccc2)[nH]n1. The van der Waals surface area contributed by atoms with Crippen molar-refractivity contribution < 1.29 is 9.59 Å². The Morgan fingerprint density at radius 2 is 1.67 bits per heavy atom. The second kappa shape index (κ2) is 8.95. The van der Waals surface area contributed by atoms with Gasteiger partial charge in [0.15, 0.2) is 0 Å². The number of likely N-dealkylation sites (tertiary alicyclic amines) is 1. The Balaban J connectivity index is 1.59. The molecular formula is C24H26N4O2.